The number of hydrogen-bond donors (Lipinski definition) is 2. The molecule has 0 aromatic heterocycles. The summed E-state index contributed by atoms with van der Waals surface area (Å²) < 4.78 is 0. The molecule has 4 heteroatoms. The van der Waals surface area contributed by atoms with Crippen molar-refractivity contribution in [3.05, 3.63) is 0 Å². The standard InChI is InChI=1S/C16H30N2O2/c1-3-4-5-6-9-12-17-15(19)16(20)18-14-11-8-7-10-13(14)2/h13-14H,3-12H2,1-2H3,(H,17,19)(H,18,20)/t13-,14+/m0/s1. The van der Waals surface area contributed by atoms with Gasteiger partial charge in [-0.1, -0.05) is 52.4 Å². The fraction of sp³-hybridized carbons (Fsp3) is 0.875. The highest BCUT2D eigenvalue weighted by Crippen LogP contribution is 2.23. The predicted molar refractivity (Wildman–Crippen MR) is 81.3 cm³/mol. The Bertz CT molecular complexity index is 305. The number of unbranched alkanes of at least 4 members (excludes halogenated alkanes) is 4. The van der Waals surface area contributed by atoms with Crippen molar-refractivity contribution in [2.75, 3.05) is 6.54 Å². The third-order valence-corrected chi connectivity index (χ3v) is 4.20. The highest BCUT2D eigenvalue weighted by Gasteiger charge is 2.25. The second kappa shape index (κ2) is 9.78. The average molecular weight is 282 g/mol. The quantitative estimate of drug-likeness (QED) is 0.557. The van der Waals surface area contributed by atoms with E-state index < -0.39 is 11.8 Å². The summed E-state index contributed by atoms with van der Waals surface area (Å²) in [4.78, 5) is 23.5. The lowest BCUT2D eigenvalue weighted by atomic mass is 9.86. The van der Waals surface area contributed by atoms with Crippen LogP contribution in [0.1, 0.15) is 71.6 Å². The molecule has 1 rings (SSSR count). The molecule has 0 aliphatic heterocycles. The van der Waals surface area contributed by atoms with Crippen molar-refractivity contribution in [3.8, 4) is 0 Å². The zero-order valence-corrected chi connectivity index (χ0v) is 13.0. The largest absolute Gasteiger partial charge is 0.348 e. The second-order valence-electron chi connectivity index (χ2n) is 6.01. The highest BCUT2D eigenvalue weighted by atomic mass is 16.2. The highest BCUT2D eigenvalue weighted by molar-refractivity contribution is 6.35. The molecule has 0 heterocycles. The first-order valence-electron chi connectivity index (χ1n) is 8.23. The molecule has 1 aliphatic rings. The van der Waals surface area contributed by atoms with Crippen LogP contribution in [0.3, 0.4) is 0 Å². The molecular weight excluding hydrogens is 252 g/mol. The number of carbonyl (C=O) groups is 2. The smallest absolute Gasteiger partial charge is 0.309 e. The molecular formula is C16H30N2O2. The van der Waals surface area contributed by atoms with Crippen LogP contribution in [0, 0.1) is 5.92 Å². The van der Waals surface area contributed by atoms with Crippen LogP contribution < -0.4 is 10.6 Å². The molecule has 2 N–H and O–H groups in total. The molecule has 0 bridgehead atoms. The molecule has 2 atom stereocenters. The van der Waals surface area contributed by atoms with Crippen molar-refractivity contribution in [2.24, 2.45) is 5.92 Å². The van der Waals surface area contributed by atoms with Gasteiger partial charge in [-0.05, 0) is 25.2 Å². The predicted octanol–water partition coefficient (Wildman–Crippen LogP) is 2.77. The lowest BCUT2D eigenvalue weighted by molar-refractivity contribution is -0.140. The Morgan fingerprint density at radius 1 is 1.00 bits per heavy atom. The summed E-state index contributed by atoms with van der Waals surface area (Å²) >= 11 is 0. The molecule has 1 aliphatic carbocycles. The monoisotopic (exact) mass is 282 g/mol. The number of rotatable bonds is 7. The molecule has 1 saturated carbocycles. The van der Waals surface area contributed by atoms with E-state index in [0.717, 1.165) is 32.1 Å². The summed E-state index contributed by atoms with van der Waals surface area (Å²) in [6.07, 6.45) is 10.3. The van der Waals surface area contributed by atoms with Gasteiger partial charge in [-0.3, -0.25) is 9.59 Å². The van der Waals surface area contributed by atoms with Gasteiger partial charge in [0.2, 0.25) is 0 Å². The molecule has 0 spiro atoms. The van der Waals surface area contributed by atoms with Crippen molar-refractivity contribution >= 4 is 11.8 Å². The molecule has 0 saturated heterocycles. The summed E-state index contributed by atoms with van der Waals surface area (Å²) in [6, 6.07) is 0.173. The van der Waals surface area contributed by atoms with Gasteiger partial charge in [-0.15, -0.1) is 0 Å². The van der Waals surface area contributed by atoms with E-state index in [4.69, 9.17) is 0 Å². The summed E-state index contributed by atoms with van der Waals surface area (Å²) in [5.41, 5.74) is 0. The topological polar surface area (TPSA) is 58.2 Å². The Morgan fingerprint density at radius 3 is 2.40 bits per heavy atom. The van der Waals surface area contributed by atoms with Crippen molar-refractivity contribution in [3.63, 3.8) is 0 Å². The van der Waals surface area contributed by atoms with Crippen molar-refractivity contribution in [1.29, 1.82) is 0 Å². The van der Waals surface area contributed by atoms with E-state index in [1.54, 1.807) is 0 Å². The molecule has 0 aromatic carbocycles. The third kappa shape index (κ3) is 6.40. The normalized spacial score (nSPS) is 22.3. The maximum absolute atomic E-state index is 11.8. The van der Waals surface area contributed by atoms with Crippen LogP contribution in [0.4, 0.5) is 0 Å². The van der Waals surface area contributed by atoms with E-state index in [-0.39, 0.29) is 6.04 Å². The minimum atomic E-state index is -0.474. The molecule has 0 radical (unpaired) electrons. The van der Waals surface area contributed by atoms with Crippen molar-refractivity contribution < 1.29 is 9.59 Å². The van der Waals surface area contributed by atoms with Crippen LogP contribution in [0.25, 0.3) is 0 Å². The van der Waals surface area contributed by atoms with Crippen LogP contribution in [0.15, 0.2) is 0 Å². The first-order valence-corrected chi connectivity index (χ1v) is 8.23. The molecule has 0 aromatic rings. The first kappa shape index (κ1) is 17.0. The van der Waals surface area contributed by atoms with Crippen molar-refractivity contribution in [2.45, 2.75) is 77.7 Å². The second-order valence-corrected chi connectivity index (χ2v) is 6.01. The zero-order valence-electron chi connectivity index (χ0n) is 13.0. The summed E-state index contributed by atoms with van der Waals surface area (Å²) in [5.74, 6) is -0.454. The first-order chi connectivity index (χ1) is 9.65. The number of nitrogens with one attached hydrogen (secondary N) is 2. The Kier molecular flexibility index (Phi) is 8.31. The summed E-state index contributed by atoms with van der Waals surface area (Å²) in [7, 11) is 0. The van der Waals surface area contributed by atoms with Gasteiger partial charge in [0.1, 0.15) is 0 Å². The Labute approximate surface area is 123 Å². The lowest BCUT2D eigenvalue weighted by Crippen LogP contribution is -2.47. The molecule has 4 nitrogen and oxygen atoms in total. The van der Waals surface area contributed by atoms with Crippen LogP contribution >= 0.6 is 0 Å². The van der Waals surface area contributed by atoms with Crippen LogP contribution in [0.5, 0.6) is 0 Å². The van der Waals surface area contributed by atoms with E-state index in [1.807, 2.05) is 0 Å². The Balaban J connectivity index is 2.14. The molecule has 2 amide bonds. The lowest BCUT2D eigenvalue weighted by Gasteiger charge is -2.29. The van der Waals surface area contributed by atoms with Crippen LogP contribution in [-0.4, -0.2) is 24.4 Å². The fourth-order valence-electron chi connectivity index (χ4n) is 2.78. The Hall–Kier alpha value is -1.06. The van der Waals surface area contributed by atoms with Gasteiger partial charge in [0, 0.05) is 12.6 Å². The van der Waals surface area contributed by atoms with Crippen LogP contribution in [0.2, 0.25) is 0 Å². The fourth-order valence-corrected chi connectivity index (χ4v) is 2.78. The summed E-state index contributed by atoms with van der Waals surface area (Å²) in [5, 5.41) is 5.59. The number of amides is 2. The van der Waals surface area contributed by atoms with Gasteiger partial charge in [-0.25, -0.2) is 0 Å². The van der Waals surface area contributed by atoms with E-state index in [2.05, 4.69) is 24.5 Å². The van der Waals surface area contributed by atoms with Gasteiger partial charge in [-0.2, -0.15) is 0 Å². The average Bonchev–Trinajstić information content (AvgIpc) is 2.44. The minimum absolute atomic E-state index is 0.173. The van der Waals surface area contributed by atoms with Crippen LogP contribution in [-0.2, 0) is 9.59 Å². The van der Waals surface area contributed by atoms with Gasteiger partial charge in [0.25, 0.3) is 0 Å². The van der Waals surface area contributed by atoms with E-state index in [0.29, 0.717) is 12.5 Å². The Morgan fingerprint density at radius 2 is 1.70 bits per heavy atom. The summed E-state index contributed by atoms with van der Waals surface area (Å²) in [6.45, 7) is 4.93. The maximum atomic E-state index is 11.8. The molecule has 1 fully saturated rings. The number of hydrogen-bond acceptors (Lipinski definition) is 2. The van der Waals surface area contributed by atoms with Crippen molar-refractivity contribution in [1.82, 2.24) is 10.6 Å². The van der Waals surface area contributed by atoms with E-state index >= 15 is 0 Å². The molecule has 116 valence electrons. The van der Waals surface area contributed by atoms with Gasteiger partial charge in [0.15, 0.2) is 0 Å². The SMILES string of the molecule is CCCCCCCNC(=O)C(=O)N[C@@H]1CCCC[C@@H]1C. The van der Waals surface area contributed by atoms with Gasteiger partial charge < -0.3 is 10.6 Å². The third-order valence-electron chi connectivity index (χ3n) is 4.20. The zero-order chi connectivity index (χ0) is 14.8. The van der Waals surface area contributed by atoms with E-state index in [1.165, 1.54) is 25.7 Å². The molecule has 0 unspecified atom stereocenters. The number of carbonyl (C=O) groups excluding carboxylic acids is 2. The molecule has 20 heavy (non-hydrogen) atoms. The maximum Gasteiger partial charge on any atom is 0.309 e. The van der Waals surface area contributed by atoms with Gasteiger partial charge in [0.05, 0.1) is 0 Å². The minimum Gasteiger partial charge on any atom is -0.348 e. The van der Waals surface area contributed by atoms with E-state index in [9.17, 15) is 9.59 Å². The van der Waals surface area contributed by atoms with Gasteiger partial charge >= 0.3 is 11.8 Å².